The number of carbonyl (C=O) groups excluding carboxylic acids is 1. The molecule has 0 bridgehead atoms. The van der Waals surface area contributed by atoms with Gasteiger partial charge in [0.05, 0.1) is 17.9 Å². The molecule has 2 N–H and O–H groups in total. The summed E-state index contributed by atoms with van der Waals surface area (Å²) in [6, 6.07) is 10.5. The highest BCUT2D eigenvalue weighted by molar-refractivity contribution is 7.38. The van der Waals surface area contributed by atoms with E-state index in [1.165, 1.54) is 0 Å². The molecule has 1 amide bonds. The predicted molar refractivity (Wildman–Crippen MR) is 162 cm³/mol. The number of hydrogen-bond acceptors (Lipinski definition) is 7. The lowest BCUT2D eigenvalue weighted by atomic mass is 9.85. The molecule has 4 rings (SSSR count). The number of hydrogen-bond donors (Lipinski definition) is 2. The number of amides is 1. The van der Waals surface area contributed by atoms with Crippen molar-refractivity contribution >= 4 is 37.1 Å². The van der Waals surface area contributed by atoms with Gasteiger partial charge in [0.2, 0.25) is 12.1 Å². The van der Waals surface area contributed by atoms with E-state index in [1.807, 2.05) is 6.07 Å². The summed E-state index contributed by atoms with van der Waals surface area (Å²) in [7, 11) is -0.122. The van der Waals surface area contributed by atoms with E-state index in [2.05, 4.69) is 41.4 Å². The highest BCUT2D eigenvalue weighted by atomic mass is 31.1. The van der Waals surface area contributed by atoms with Crippen molar-refractivity contribution in [3.63, 3.8) is 0 Å². The van der Waals surface area contributed by atoms with Gasteiger partial charge in [-0.2, -0.15) is 18.2 Å². The normalized spacial score (nSPS) is 14.2. The third-order valence-corrected chi connectivity index (χ3v) is 8.64. The van der Waals surface area contributed by atoms with Gasteiger partial charge in [0.1, 0.15) is 11.4 Å². The number of aromatic nitrogens is 2. The third kappa shape index (κ3) is 7.89. The molecule has 1 aliphatic heterocycles. The zero-order chi connectivity index (χ0) is 31.3. The van der Waals surface area contributed by atoms with Crippen LogP contribution in [0.25, 0.3) is 0 Å². The van der Waals surface area contributed by atoms with Crippen LogP contribution in [0.2, 0.25) is 0 Å². The van der Waals surface area contributed by atoms with Crippen LogP contribution in [-0.4, -0.2) is 34.4 Å². The number of nitrogens with zero attached hydrogens (tertiary/aromatic N) is 3. The fraction of sp³-hybridized carbons (Fsp3) is 0.452. The first-order valence-corrected chi connectivity index (χ1v) is 15.8. The number of nitrogens with one attached hydrogen (secondary N) is 2. The van der Waals surface area contributed by atoms with Gasteiger partial charge in [-0.15, -0.1) is 4.52 Å². The number of benzene rings is 2. The van der Waals surface area contributed by atoms with Gasteiger partial charge in [-0.25, -0.2) is 4.98 Å². The van der Waals surface area contributed by atoms with Gasteiger partial charge in [0.15, 0.2) is 0 Å². The number of rotatable bonds is 13. The van der Waals surface area contributed by atoms with Crippen molar-refractivity contribution in [1.82, 2.24) is 14.9 Å². The molecule has 8 nitrogen and oxygen atoms in total. The summed E-state index contributed by atoms with van der Waals surface area (Å²) in [4.78, 5) is 22.9. The van der Waals surface area contributed by atoms with Crippen molar-refractivity contribution < 1.29 is 27.1 Å². The lowest BCUT2D eigenvalue weighted by Gasteiger charge is -2.21. The minimum atomic E-state index is -4.73. The maximum absolute atomic E-state index is 14.0. The minimum Gasteiger partial charge on any atom is -0.339 e. The van der Waals surface area contributed by atoms with E-state index in [1.54, 1.807) is 49.2 Å². The zero-order valence-electron chi connectivity index (χ0n) is 25.1. The maximum atomic E-state index is 14.0. The smallest absolute Gasteiger partial charge is 0.339 e. The summed E-state index contributed by atoms with van der Waals surface area (Å²) in [5.41, 5.74) is 2.84. The predicted octanol–water partition coefficient (Wildman–Crippen LogP) is 8.78. The van der Waals surface area contributed by atoms with Crippen LogP contribution < -0.4 is 10.6 Å². The van der Waals surface area contributed by atoms with Crippen molar-refractivity contribution in [1.29, 1.82) is 0 Å². The van der Waals surface area contributed by atoms with E-state index in [9.17, 15) is 22.5 Å². The fourth-order valence-electron chi connectivity index (χ4n) is 5.21. The molecule has 1 aromatic heterocycles. The number of halogens is 3. The number of alkyl halides is 3. The molecule has 3 aromatic rings. The van der Waals surface area contributed by atoms with Gasteiger partial charge in [0.25, 0.3) is 5.91 Å². The first-order chi connectivity index (χ1) is 20.4. The standard InChI is InChI=1S/C31H37F3N5O3P/c1-6-21(11-8-19(3)4)23-14-15-26(27-24(23)17-39(5)29(27)40)37-28-25(31(32,33)34)16-35-30(38-28)36-22-12-9-20(10-13-22)18-43(41)42-7-2/h9-10,12-16,19,21H,6-8,11,17-18H2,1-5H3,(H-,35,36,37,38,40)/p+1/t21-/m1/s1. The summed E-state index contributed by atoms with van der Waals surface area (Å²) in [6.07, 6.45) is -0.847. The molecule has 12 heteroatoms. The molecule has 0 aliphatic carbocycles. The van der Waals surface area contributed by atoms with Crippen LogP contribution in [0.15, 0.2) is 42.6 Å². The van der Waals surface area contributed by atoms with Gasteiger partial charge in [0, 0.05) is 31.0 Å². The molecule has 2 aromatic carbocycles. The Hall–Kier alpha value is -3.56. The van der Waals surface area contributed by atoms with Gasteiger partial charge >= 0.3 is 14.2 Å². The van der Waals surface area contributed by atoms with E-state index < -0.39 is 25.6 Å². The summed E-state index contributed by atoms with van der Waals surface area (Å²) in [6.45, 7) is 8.98. The average molecular weight is 617 g/mol. The molecule has 0 radical (unpaired) electrons. The summed E-state index contributed by atoms with van der Waals surface area (Å²) >= 11 is 0. The molecule has 0 saturated carbocycles. The molecular weight excluding hydrogens is 578 g/mol. The van der Waals surface area contributed by atoms with Gasteiger partial charge in [-0.05, 0) is 65.5 Å². The minimum absolute atomic E-state index is 0.0555. The summed E-state index contributed by atoms with van der Waals surface area (Å²) in [5, 5.41) is 5.76. The van der Waals surface area contributed by atoms with Gasteiger partial charge < -0.3 is 15.5 Å². The average Bonchev–Trinajstić information content (AvgIpc) is 3.24. The Morgan fingerprint density at radius 1 is 1.07 bits per heavy atom. The first-order valence-electron chi connectivity index (χ1n) is 14.5. The Kier molecular flexibility index (Phi) is 10.4. The molecule has 0 fully saturated rings. The number of anilines is 4. The van der Waals surface area contributed by atoms with Crippen molar-refractivity contribution in [2.24, 2.45) is 5.92 Å². The molecule has 2 heterocycles. The Balaban J connectivity index is 1.65. The monoisotopic (exact) mass is 616 g/mol. The molecule has 1 unspecified atom stereocenters. The van der Waals surface area contributed by atoms with Crippen LogP contribution in [0.3, 0.4) is 0 Å². The summed E-state index contributed by atoms with van der Waals surface area (Å²) in [5.74, 6) is 0.0269. The third-order valence-electron chi connectivity index (χ3n) is 7.47. The van der Waals surface area contributed by atoms with Crippen LogP contribution in [0.5, 0.6) is 0 Å². The lowest BCUT2D eigenvalue weighted by molar-refractivity contribution is -0.137. The van der Waals surface area contributed by atoms with E-state index in [-0.39, 0.29) is 29.6 Å². The van der Waals surface area contributed by atoms with E-state index in [0.29, 0.717) is 30.3 Å². The molecule has 2 atom stereocenters. The van der Waals surface area contributed by atoms with E-state index in [0.717, 1.165) is 42.1 Å². The first kappa shape index (κ1) is 32.4. The highest BCUT2D eigenvalue weighted by Gasteiger charge is 2.37. The highest BCUT2D eigenvalue weighted by Crippen LogP contribution is 2.41. The molecule has 1 aliphatic rings. The molecule has 0 saturated heterocycles. The van der Waals surface area contributed by atoms with Gasteiger partial charge in [-0.3, -0.25) is 4.79 Å². The van der Waals surface area contributed by atoms with Crippen molar-refractivity contribution in [2.45, 2.75) is 71.8 Å². The topological polar surface area (TPSA) is 96.4 Å². The summed E-state index contributed by atoms with van der Waals surface area (Å²) < 4.78 is 59.1. The van der Waals surface area contributed by atoms with Crippen LogP contribution in [0, 0.1) is 5.92 Å². The Morgan fingerprint density at radius 2 is 1.79 bits per heavy atom. The molecular formula is C31H38F3N5O3P+. The maximum Gasteiger partial charge on any atom is 0.512 e. The van der Waals surface area contributed by atoms with Gasteiger partial charge in [-0.1, -0.05) is 45.4 Å². The molecule has 230 valence electrons. The lowest BCUT2D eigenvalue weighted by Crippen LogP contribution is -2.18. The Labute approximate surface area is 251 Å². The van der Waals surface area contributed by atoms with Crippen molar-refractivity contribution in [3.8, 4) is 0 Å². The zero-order valence-corrected chi connectivity index (χ0v) is 26.0. The quantitative estimate of drug-likeness (QED) is 0.185. The van der Waals surface area contributed by atoms with Crippen molar-refractivity contribution in [3.05, 3.63) is 70.4 Å². The van der Waals surface area contributed by atoms with E-state index >= 15 is 0 Å². The Bertz CT molecular complexity index is 1460. The largest absolute Gasteiger partial charge is 0.512 e. The van der Waals surface area contributed by atoms with Crippen LogP contribution >= 0.6 is 8.03 Å². The van der Waals surface area contributed by atoms with Crippen molar-refractivity contribution in [2.75, 3.05) is 24.3 Å². The second kappa shape index (κ2) is 13.8. The molecule has 43 heavy (non-hydrogen) atoms. The second-order valence-corrected chi connectivity index (χ2v) is 12.3. The SMILES string of the molecule is CCO[P+](=O)Cc1ccc(Nc2ncc(C(F)(F)F)c(Nc3ccc([C@H](CC)CCC(C)C)c4c3C(=O)N(C)C4)n2)cc1. The van der Waals surface area contributed by atoms with Crippen LogP contribution in [0.4, 0.5) is 36.3 Å². The fourth-order valence-corrected chi connectivity index (χ4v) is 6.10. The van der Waals surface area contributed by atoms with Crippen LogP contribution in [-0.2, 0) is 28.0 Å². The van der Waals surface area contributed by atoms with E-state index in [4.69, 9.17) is 4.52 Å². The number of carbonyl (C=O) groups is 1. The second-order valence-electron chi connectivity index (χ2n) is 11.1. The number of fused-ring (bicyclic) bond motifs is 1. The Morgan fingerprint density at radius 3 is 2.42 bits per heavy atom. The van der Waals surface area contributed by atoms with Crippen LogP contribution in [0.1, 0.15) is 85.5 Å². The molecule has 0 spiro atoms.